The topological polar surface area (TPSA) is 64.7 Å². The number of fused-ring (bicyclic) bond motifs is 6. The van der Waals surface area contributed by atoms with Crippen LogP contribution in [0.1, 0.15) is 50.5 Å². The van der Waals surface area contributed by atoms with Crippen LogP contribution in [-0.2, 0) is 24.3 Å². The molecular formula is C38H38N3O4+. The van der Waals surface area contributed by atoms with Gasteiger partial charge in [-0.1, -0.05) is 36.4 Å². The third kappa shape index (κ3) is 5.06. The van der Waals surface area contributed by atoms with Gasteiger partial charge in [0.05, 0.1) is 32.9 Å². The maximum absolute atomic E-state index is 14.1. The Kier molecular flexibility index (Phi) is 7.40. The van der Waals surface area contributed by atoms with Crippen LogP contribution >= 0.6 is 0 Å². The molecule has 0 N–H and O–H groups in total. The van der Waals surface area contributed by atoms with Gasteiger partial charge in [-0.2, -0.15) is 0 Å². The monoisotopic (exact) mass is 600 g/mol. The van der Waals surface area contributed by atoms with Crippen LogP contribution in [0.4, 0.5) is 5.69 Å². The third-order valence-electron chi connectivity index (χ3n) is 9.70. The molecule has 5 aromatic rings. The zero-order chi connectivity index (χ0) is 31.2. The number of benzene rings is 4. The zero-order valence-electron chi connectivity index (χ0n) is 26.2. The van der Waals surface area contributed by atoms with E-state index in [0.717, 1.165) is 40.0 Å². The number of hydrogen-bond acceptors (Lipinski definition) is 4. The maximum atomic E-state index is 14.1. The molecule has 0 radical (unpaired) electrons. The average molecular weight is 601 g/mol. The molecule has 1 aliphatic heterocycles. The van der Waals surface area contributed by atoms with Gasteiger partial charge in [-0.15, -0.1) is 0 Å². The van der Waals surface area contributed by atoms with Crippen LogP contribution in [0.25, 0.3) is 11.0 Å². The summed E-state index contributed by atoms with van der Waals surface area (Å²) in [7, 11) is 3.29. The van der Waals surface area contributed by atoms with Crippen LogP contribution in [0, 0.1) is 19.8 Å². The van der Waals surface area contributed by atoms with Crippen LogP contribution in [0.5, 0.6) is 11.5 Å². The molecule has 1 aliphatic carbocycles. The Morgan fingerprint density at radius 1 is 0.889 bits per heavy atom. The number of anilines is 1. The molecule has 2 atom stereocenters. The first-order valence-corrected chi connectivity index (χ1v) is 15.6. The summed E-state index contributed by atoms with van der Waals surface area (Å²) in [6, 6.07) is 26.3. The lowest BCUT2D eigenvalue weighted by Crippen LogP contribution is -2.41. The summed E-state index contributed by atoms with van der Waals surface area (Å²) in [5, 5.41) is 0. The van der Waals surface area contributed by atoms with Gasteiger partial charge in [-0.25, -0.2) is 9.13 Å². The lowest BCUT2D eigenvalue weighted by atomic mass is 9.81. The Bertz CT molecular complexity index is 1940. The van der Waals surface area contributed by atoms with Crippen molar-refractivity contribution in [3.63, 3.8) is 0 Å². The molecule has 45 heavy (non-hydrogen) atoms. The first-order chi connectivity index (χ1) is 21.9. The summed E-state index contributed by atoms with van der Waals surface area (Å²) < 4.78 is 15.2. The first-order valence-electron chi connectivity index (χ1n) is 15.6. The minimum atomic E-state index is 0.0140. The smallest absolute Gasteiger partial charge is 0.245 e. The lowest BCUT2D eigenvalue weighted by Gasteiger charge is -2.38. The lowest BCUT2D eigenvalue weighted by molar-refractivity contribution is -0.658. The van der Waals surface area contributed by atoms with Gasteiger partial charge in [0, 0.05) is 18.0 Å². The number of ketones is 1. The fourth-order valence-corrected chi connectivity index (χ4v) is 7.28. The molecule has 0 spiro atoms. The average Bonchev–Trinajstić information content (AvgIpc) is 3.60. The van der Waals surface area contributed by atoms with E-state index in [1.54, 1.807) is 38.5 Å². The van der Waals surface area contributed by atoms with Crippen molar-refractivity contribution >= 4 is 28.4 Å². The predicted molar refractivity (Wildman–Crippen MR) is 174 cm³/mol. The molecule has 1 aromatic heterocycles. The van der Waals surface area contributed by atoms with E-state index in [0.29, 0.717) is 36.7 Å². The molecule has 0 fully saturated rings. The summed E-state index contributed by atoms with van der Waals surface area (Å²) in [4.78, 5) is 29.4. The van der Waals surface area contributed by atoms with Crippen molar-refractivity contribution < 1.29 is 23.6 Å². The molecule has 2 aliphatic rings. The number of imidazole rings is 1. The fraction of sp³-hybridized carbons (Fsp3) is 0.289. The fourth-order valence-electron chi connectivity index (χ4n) is 7.28. The van der Waals surface area contributed by atoms with Crippen LogP contribution in [0.3, 0.4) is 0 Å². The zero-order valence-corrected chi connectivity index (χ0v) is 26.2. The largest absolute Gasteiger partial charge is 0.497 e. The van der Waals surface area contributed by atoms with Crippen molar-refractivity contribution in [3.05, 3.63) is 119 Å². The standard InChI is InChI=1S/C38H38N3O4/c1-24-18-32-33(19-25(24)2)40(22-34(42)26-12-14-29(44-3)15-13-26)23-39(32)17-16-36(43)41-21-28-20-27-8-5-6-9-30(27)37(28)31-10-7-11-35(45-4)38(31)41/h5-15,18-19,23,28,37H,16-17,20-22H2,1-4H3/q+1/t28-,37+/m0/s1. The second-order valence-electron chi connectivity index (χ2n) is 12.3. The number of aryl methyl sites for hydroxylation is 3. The molecule has 2 heterocycles. The Labute approximate surface area is 263 Å². The van der Waals surface area contributed by atoms with Crippen molar-refractivity contribution in [1.29, 1.82) is 0 Å². The number of para-hydroxylation sites is 1. The molecule has 1 amide bonds. The summed E-state index contributed by atoms with van der Waals surface area (Å²) in [5.41, 5.74) is 9.74. The highest BCUT2D eigenvalue weighted by atomic mass is 16.5. The number of nitrogens with zero attached hydrogens (tertiary/aromatic N) is 3. The van der Waals surface area contributed by atoms with Crippen LogP contribution in [-0.4, -0.2) is 37.0 Å². The quantitative estimate of drug-likeness (QED) is 0.158. The van der Waals surface area contributed by atoms with E-state index in [9.17, 15) is 9.59 Å². The number of carbonyl (C=O) groups excluding carboxylic acids is 2. The highest BCUT2D eigenvalue weighted by molar-refractivity contribution is 5.97. The predicted octanol–water partition coefficient (Wildman–Crippen LogP) is 6.19. The van der Waals surface area contributed by atoms with Gasteiger partial charge in [-0.3, -0.25) is 9.59 Å². The first kappa shape index (κ1) is 28.8. The molecule has 0 unspecified atom stereocenters. The number of aromatic nitrogens is 2. The molecule has 7 heteroatoms. The number of ether oxygens (including phenoxy) is 2. The molecule has 0 saturated carbocycles. The van der Waals surface area contributed by atoms with Gasteiger partial charge in [-0.05, 0) is 96.5 Å². The minimum absolute atomic E-state index is 0.0140. The van der Waals surface area contributed by atoms with E-state index in [1.165, 1.54) is 16.7 Å². The van der Waals surface area contributed by atoms with Crippen LogP contribution in [0.2, 0.25) is 0 Å². The van der Waals surface area contributed by atoms with Gasteiger partial charge < -0.3 is 14.4 Å². The Morgan fingerprint density at radius 3 is 2.42 bits per heavy atom. The van der Waals surface area contributed by atoms with E-state index in [2.05, 4.69) is 60.9 Å². The number of methoxy groups -OCH3 is 2. The summed E-state index contributed by atoms with van der Waals surface area (Å²) >= 11 is 0. The van der Waals surface area contributed by atoms with Gasteiger partial charge in [0.15, 0.2) is 17.6 Å². The highest BCUT2D eigenvalue weighted by Crippen LogP contribution is 2.51. The van der Waals surface area contributed by atoms with Crippen molar-refractivity contribution in [1.82, 2.24) is 4.57 Å². The summed E-state index contributed by atoms with van der Waals surface area (Å²) in [5.74, 6) is 2.12. The molecule has 228 valence electrons. The SMILES string of the molecule is COc1ccc(C(=O)C[n+]2cn(CCC(=O)N3C[C@@H]4Cc5ccccc5[C@@H]4c4cccc(OC)c43)c3cc(C)c(C)cc32)cc1. The van der Waals surface area contributed by atoms with Crippen molar-refractivity contribution in [2.24, 2.45) is 5.92 Å². The molecule has 0 saturated heterocycles. The number of hydrogen-bond donors (Lipinski definition) is 0. The van der Waals surface area contributed by atoms with E-state index < -0.39 is 0 Å². The minimum Gasteiger partial charge on any atom is -0.497 e. The number of carbonyl (C=O) groups is 2. The molecule has 4 aromatic carbocycles. The van der Waals surface area contributed by atoms with Crippen LogP contribution < -0.4 is 18.9 Å². The van der Waals surface area contributed by atoms with Gasteiger partial charge in [0.2, 0.25) is 18.0 Å². The normalized spacial score (nSPS) is 16.7. The third-order valence-corrected chi connectivity index (χ3v) is 9.70. The summed E-state index contributed by atoms with van der Waals surface area (Å²) in [6.07, 6.45) is 3.27. The second kappa shape index (κ2) is 11.5. The molecule has 7 nitrogen and oxygen atoms in total. The van der Waals surface area contributed by atoms with E-state index in [1.807, 2.05) is 27.9 Å². The van der Waals surface area contributed by atoms with E-state index >= 15 is 0 Å². The maximum Gasteiger partial charge on any atom is 0.245 e. The van der Waals surface area contributed by atoms with Gasteiger partial charge >= 0.3 is 0 Å². The van der Waals surface area contributed by atoms with E-state index in [4.69, 9.17) is 9.47 Å². The highest BCUT2D eigenvalue weighted by Gasteiger charge is 2.42. The van der Waals surface area contributed by atoms with Crippen molar-refractivity contribution in [2.45, 2.75) is 45.7 Å². The Morgan fingerprint density at radius 2 is 1.64 bits per heavy atom. The molecule has 0 bridgehead atoms. The van der Waals surface area contributed by atoms with Gasteiger partial charge in [0.25, 0.3) is 0 Å². The van der Waals surface area contributed by atoms with Crippen LogP contribution in [0.15, 0.2) is 85.2 Å². The van der Waals surface area contributed by atoms with Gasteiger partial charge in [0.1, 0.15) is 11.5 Å². The molecular weight excluding hydrogens is 562 g/mol. The van der Waals surface area contributed by atoms with E-state index in [-0.39, 0.29) is 24.2 Å². The van der Waals surface area contributed by atoms with Crippen molar-refractivity contribution in [3.8, 4) is 11.5 Å². The van der Waals surface area contributed by atoms with Crippen molar-refractivity contribution in [2.75, 3.05) is 25.7 Å². The second-order valence-corrected chi connectivity index (χ2v) is 12.3. The number of rotatable bonds is 8. The number of amides is 1. The molecule has 7 rings (SSSR count). The number of Topliss-reactive ketones (excluding diaryl/α,β-unsaturated/α-hetero) is 1. The Balaban J connectivity index is 1.17. The summed E-state index contributed by atoms with van der Waals surface area (Å²) in [6.45, 7) is 5.54. The Hall–Kier alpha value is -4.91.